The monoisotopic (exact) mass is 240 g/mol. The Morgan fingerprint density at radius 2 is 1.94 bits per heavy atom. The first-order chi connectivity index (χ1) is 8.06. The minimum absolute atomic E-state index is 0.218. The molecule has 0 aromatic rings. The van der Waals surface area contributed by atoms with E-state index in [0.29, 0.717) is 6.42 Å². The van der Waals surface area contributed by atoms with Crippen LogP contribution in [0.2, 0.25) is 0 Å². The molecule has 0 bridgehead atoms. The van der Waals surface area contributed by atoms with Gasteiger partial charge in [0, 0.05) is 26.7 Å². The van der Waals surface area contributed by atoms with Crippen molar-refractivity contribution in [2.75, 3.05) is 6.61 Å². The Morgan fingerprint density at radius 1 is 1.24 bits per heavy atom. The molecule has 0 aromatic carbocycles. The van der Waals surface area contributed by atoms with E-state index in [1.165, 1.54) is 13.8 Å². The van der Waals surface area contributed by atoms with Crippen LogP contribution in [0.5, 0.6) is 0 Å². The Hall–Kier alpha value is -1.50. The van der Waals surface area contributed by atoms with Crippen LogP contribution in [0.3, 0.4) is 0 Å². The second-order valence-corrected chi connectivity index (χ2v) is 3.65. The first kappa shape index (κ1) is 15.5. The fourth-order valence-corrected chi connectivity index (χ4v) is 1.12. The molecule has 0 aliphatic heterocycles. The van der Waals surface area contributed by atoms with Gasteiger partial charge in [0.15, 0.2) is 6.10 Å². The first-order valence-electron chi connectivity index (χ1n) is 5.85. The predicted octanol–water partition coefficient (Wildman–Crippen LogP) is 2.06. The highest BCUT2D eigenvalue weighted by molar-refractivity contribution is 5.66. The normalized spacial score (nSPS) is 11.0. The molecule has 0 aromatic heterocycles. The number of esters is 2. The van der Waals surface area contributed by atoms with Gasteiger partial charge in [0.1, 0.15) is 0 Å². The zero-order valence-electron chi connectivity index (χ0n) is 10.7. The second kappa shape index (κ2) is 9.71. The predicted molar refractivity (Wildman–Crippen MR) is 64.1 cm³/mol. The van der Waals surface area contributed by atoms with Crippen molar-refractivity contribution in [3.8, 4) is 11.8 Å². The number of carbonyl (C=O) groups excluding carboxylic acids is 2. The Bertz CT molecular complexity index is 298. The lowest BCUT2D eigenvalue weighted by molar-refractivity contribution is -0.145. The van der Waals surface area contributed by atoms with Crippen LogP contribution in [0.25, 0.3) is 0 Å². The van der Waals surface area contributed by atoms with Crippen LogP contribution < -0.4 is 0 Å². The van der Waals surface area contributed by atoms with E-state index in [-0.39, 0.29) is 18.5 Å². The molecule has 4 heteroatoms. The zero-order chi connectivity index (χ0) is 13.1. The third-order valence-corrected chi connectivity index (χ3v) is 1.91. The van der Waals surface area contributed by atoms with Gasteiger partial charge in [0.05, 0.1) is 6.61 Å². The van der Waals surface area contributed by atoms with Crippen molar-refractivity contribution in [3.63, 3.8) is 0 Å². The largest absolute Gasteiger partial charge is 0.466 e. The van der Waals surface area contributed by atoms with Gasteiger partial charge < -0.3 is 9.47 Å². The quantitative estimate of drug-likeness (QED) is 0.405. The molecular formula is C13H20O4. The van der Waals surface area contributed by atoms with Gasteiger partial charge in [-0.05, 0) is 6.42 Å². The molecule has 0 rings (SSSR count). The summed E-state index contributed by atoms with van der Waals surface area (Å²) in [4.78, 5) is 21.4. The molecule has 0 spiro atoms. The average Bonchev–Trinajstić information content (AvgIpc) is 2.22. The van der Waals surface area contributed by atoms with Crippen LogP contribution in [0.1, 0.15) is 46.5 Å². The van der Waals surface area contributed by atoms with Crippen molar-refractivity contribution < 1.29 is 19.1 Å². The number of rotatable bonds is 6. The molecule has 0 aliphatic carbocycles. The summed E-state index contributed by atoms with van der Waals surface area (Å²) in [6.45, 7) is 4.99. The number of carbonyl (C=O) groups is 2. The van der Waals surface area contributed by atoms with Crippen LogP contribution in [0.15, 0.2) is 0 Å². The summed E-state index contributed by atoms with van der Waals surface area (Å²) in [5.41, 5.74) is 0. The highest BCUT2D eigenvalue weighted by atomic mass is 16.6. The van der Waals surface area contributed by atoms with Gasteiger partial charge in [-0.1, -0.05) is 25.2 Å². The summed E-state index contributed by atoms with van der Waals surface area (Å²) in [7, 11) is 0. The van der Waals surface area contributed by atoms with E-state index in [4.69, 9.17) is 9.47 Å². The van der Waals surface area contributed by atoms with E-state index in [2.05, 4.69) is 18.8 Å². The third-order valence-electron chi connectivity index (χ3n) is 1.91. The summed E-state index contributed by atoms with van der Waals surface area (Å²) < 4.78 is 9.79. The van der Waals surface area contributed by atoms with Gasteiger partial charge in [-0.2, -0.15) is 0 Å². The van der Waals surface area contributed by atoms with Crippen LogP contribution in [-0.4, -0.2) is 24.6 Å². The van der Waals surface area contributed by atoms with Crippen LogP contribution in [0, 0.1) is 11.8 Å². The van der Waals surface area contributed by atoms with E-state index in [9.17, 15) is 9.59 Å². The SMILES string of the molecule is CCCCC#CC(CCOC(C)=O)OC(C)=O. The summed E-state index contributed by atoms with van der Waals surface area (Å²) >= 11 is 0. The Morgan fingerprint density at radius 3 is 2.47 bits per heavy atom. The Kier molecular flexibility index (Phi) is 8.85. The summed E-state index contributed by atoms with van der Waals surface area (Å²) in [5.74, 6) is 5.12. The fourth-order valence-electron chi connectivity index (χ4n) is 1.12. The lowest BCUT2D eigenvalue weighted by atomic mass is 10.2. The summed E-state index contributed by atoms with van der Waals surface area (Å²) in [6.07, 6.45) is 2.84. The Balaban J connectivity index is 4.06. The molecule has 4 nitrogen and oxygen atoms in total. The third kappa shape index (κ3) is 10.8. The molecule has 96 valence electrons. The average molecular weight is 240 g/mol. The molecule has 0 fully saturated rings. The van der Waals surface area contributed by atoms with Crippen molar-refractivity contribution >= 4 is 11.9 Å². The van der Waals surface area contributed by atoms with Crippen LogP contribution in [0.4, 0.5) is 0 Å². The smallest absolute Gasteiger partial charge is 0.303 e. The molecule has 1 unspecified atom stereocenters. The van der Waals surface area contributed by atoms with E-state index in [1.54, 1.807) is 0 Å². The van der Waals surface area contributed by atoms with E-state index in [0.717, 1.165) is 19.3 Å². The van der Waals surface area contributed by atoms with Gasteiger partial charge in [-0.25, -0.2) is 0 Å². The van der Waals surface area contributed by atoms with Crippen LogP contribution in [-0.2, 0) is 19.1 Å². The maximum absolute atomic E-state index is 10.8. The van der Waals surface area contributed by atoms with Gasteiger partial charge in [-0.15, -0.1) is 0 Å². The molecule has 17 heavy (non-hydrogen) atoms. The van der Waals surface area contributed by atoms with Crippen molar-refractivity contribution in [1.29, 1.82) is 0 Å². The van der Waals surface area contributed by atoms with Crippen molar-refractivity contribution in [3.05, 3.63) is 0 Å². The minimum Gasteiger partial charge on any atom is -0.466 e. The highest BCUT2D eigenvalue weighted by Gasteiger charge is 2.09. The van der Waals surface area contributed by atoms with Crippen LogP contribution >= 0.6 is 0 Å². The molecular weight excluding hydrogens is 220 g/mol. The van der Waals surface area contributed by atoms with Gasteiger partial charge in [0.25, 0.3) is 0 Å². The van der Waals surface area contributed by atoms with E-state index < -0.39 is 6.10 Å². The fraction of sp³-hybridized carbons (Fsp3) is 0.692. The minimum atomic E-state index is -0.483. The number of hydrogen-bond donors (Lipinski definition) is 0. The molecule has 0 amide bonds. The van der Waals surface area contributed by atoms with Gasteiger partial charge >= 0.3 is 11.9 Å². The summed E-state index contributed by atoms with van der Waals surface area (Å²) in [5, 5.41) is 0. The molecule has 0 saturated carbocycles. The maximum Gasteiger partial charge on any atom is 0.303 e. The maximum atomic E-state index is 10.8. The van der Waals surface area contributed by atoms with Crippen molar-refractivity contribution in [2.24, 2.45) is 0 Å². The molecule has 0 saturated heterocycles. The van der Waals surface area contributed by atoms with Crippen molar-refractivity contribution in [1.82, 2.24) is 0 Å². The van der Waals surface area contributed by atoms with Crippen molar-refractivity contribution in [2.45, 2.75) is 52.6 Å². The number of ether oxygens (including phenoxy) is 2. The molecule has 0 heterocycles. The highest BCUT2D eigenvalue weighted by Crippen LogP contribution is 2.00. The lowest BCUT2D eigenvalue weighted by Crippen LogP contribution is -2.17. The molecule has 0 aliphatic rings. The Labute approximate surface area is 103 Å². The molecule has 1 atom stereocenters. The van der Waals surface area contributed by atoms with Gasteiger partial charge in [-0.3, -0.25) is 9.59 Å². The summed E-state index contributed by atoms with van der Waals surface area (Å²) in [6, 6.07) is 0. The molecule has 0 N–H and O–H groups in total. The zero-order valence-corrected chi connectivity index (χ0v) is 10.7. The topological polar surface area (TPSA) is 52.6 Å². The molecule has 0 radical (unpaired) electrons. The number of hydrogen-bond acceptors (Lipinski definition) is 4. The number of unbranched alkanes of at least 4 members (excludes halogenated alkanes) is 2. The van der Waals surface area contributed by atoms with E-state index in [1.807, 2.05) is 0 Å². The first-order valence-corrected chi connectivity index (χ1v) is 5.85. The van der Waals surface area contributed by atoms with E-state index >= 15 is 0 Å². The second-order valence-electron chi connectivity index (χ2n) is 3.65. The van der Waals surface area contributed by atoms with Gasteiger partial charge in [0.2, 0.25) is 0 Å². The standard InChI is InChI=1S/C13H20O4/c1-4-5-6-7-8-13(17-12(3)15)9-10-16-11(2)14/h13H,4-6,9-10H2,1-3H3. The lowest BCUT2D eigenvalue weighted by Gasteiger charge is -2.10.